The van der Waals surface area contributed by atoms with Gasteiger partial charge < -0.3 is 20.1 Å². The maximum Gasteiger partial charge on any atom is 0.0693 e. The lowest BCUT2D eigenvalue weighted by atomic mass is 9.84. The first-order valence-electron chi connectivity index (χ1n) is 10.5. The molecule has 0 aromatic rings. The minimum atomic E-state index is -0.114. The van der Waals surface area contributed by atoms with E-state index in [-0.39, 0.29) is 6.10 Å². The molecule has 0 bridgehead atoms. The largest absolute Gasteiger partial charge is 0.392 e. The van der Waals surface area contributed by atoms with Crippen LogP contribution in [0.15, 0.2) is 0 Å². The maximum absolute atomic E-state index is 10.2. The van der Waals surface area contributed by atoms with E-state index in [1.807, 2.05) is 0 Å². The quantitative estimate of drug-likeness (QED) is 0.781. The van der Waals surface area contributed by atoms with E-state index < -0.39 is 0 Å². The molecule has 0 amide bonds. The van der Waals surface area contributed by atoms with Crippen molar-refractivity contribution in [2.45, 2.75) is 95.4 Å². The smallest absolute Gasteiger partial charge is 0.0693 e. The van der Waals surface area contributed by atoms with E-state index in [9.17, 15) is 5.11 Å². The second-order valence-corrected chi connectivity index (χ2v) is 8.27. The lowest BCUT2D eigenvalue weighted by molar-refractivity contribution is 0.0510. The van der Waals surface area contributed by atoms with Crippen LogP contribution in [0, 0.1) is 5.92 Å². The average Bonchev–Trinajstić information content (AvgIpc) is 2.63. The highest BCUT2D eigenvalue weighted by atomic mass is 16.5. The Labute approximate surface area is 148 Å². The molecule has 3 rings (SSSR count). The molecule has 140 valence electrons. The fraction of sp³-hybridized carbons (Fsp3) is 1.00. The van der Waals surface area contributed by atoms with Gasteiger partial charge in [0.1, 0.15) is 0 Å². The van der Waals surface area contributed by atoms with Crippen molar-refractivity contribution in [3.8, 4) is 0 Å². The third kappa shape index (κ3) is 5.17. The number of ether oxygens (including phenoxy) is 1. The van der Waals surface area contributed by atoms with Gasteiger partial charge in [-0.1, -0.05) is 12.8 Å². The first-order chi connectivity index (χ1) is 11.8. The van der Waals surface area contributed by atoms with Crippen LogP contribution in [-0.4, -0.2) is 60.5 Å². The highest BCUT2D eigenvalue weighted by molar-refractivity contribution is 4.88. The normalized spacial score (nSPS) is 36.8. The predicted molar refractivity (Wildman–Crippen MR) is 98.2 cm³/mol. The molecular weight excluding hydrogens is 300 g/mol. The summed E-state index contributed by atoms with van der Waals surface area (Å²) in [5.41, 5.74) is 0. The van der Waals surface area contributed by atoms with E-state index in [1.54, 1.807) is 0 Å². The molecule has 0 aromatic carbocycles. The van der Waals surface area contributed by atoms with Crippen LogP contribution in [0.2, 0.25) is 0 Å². The molecule has 2 aliphatic carbocycles. The number of hydrogen-bond donors (Lipinski definition) is 2. The third-order valence-corrected chi connectivity index (χ3v) is 6.60. The molecule has 0 aromatic heterocycles. The van der Waals surface area contributed by atoms with Crippen LogP contribution in [0.1, 0.15) is 71.1 Å². The van der Waals surface area contributed by atoms with Gasteiger partial charge >= 0.3 is 0 Å². The van der Waals surface area contributed by atoms with E-state index in [0.29, 0.717) is 12.1 Å². The van der Waals surface area contributed by atoms with E-state index >= 15 is 0 Å². The van der Waals surface area contributed by atoms with Gasteiger partial charge in [0, 0.05) is 31.3 Å². The molecule has 2 saturated carbocycles. The molecule has 0 unspecified atom stereocenters. The third-order valence-electron chi connectivity index (χ3n) is 6.60. The molecule has 0 radical (unpaired) electrons. The number of nitrogens with zero attached hydrogens (tertiary/aromatic N) is 1. The van der Waals surface area contributed by atoms with E-state index in [4.69, 9.17) is 4.74 Å². The molecule has 3 fully saturated rings. The van der Waals surface area contributed by atoms with Gasteiger partial charge in [0.15, 0.2) is 0 Å². The first kappa shape index (κ1) is 18.6. The van der Waals surface area contributed by atoms with Crippen LogP contribution in [-0.2, 0) is 4.74 Å². The monoisotopic (exact) mass is 338 g/mol. The Hall–Kier alpha value is -0.160. The lowest BCUT2D eigenvalue weighted by Crippen LogP contribution is -2.52. The molecular formula is C20H38N2O2. The number of nitrogens with one attached hydrogen (secondary N) is 1. The molecule has 4 nitrogen and oxygen atoms in total. The minimum Gasteiger partial charge on any atom is -0.392 e. The Balaban J connectivity index is 1.35. The van der Waals surface area contributed by atoms with Crippen LogP contribution < -0.4 is 5.32 Å². The van der Waals surface area contributed by atoms with Crippen molar-refractivity contribution >= 4 is 0 Å². The molecule has 1 aliphatic heterocycles. The van der Waals surface area contributed by atoms with Gasteiger partial charge in [-0.05, 0) is 77.3 Å². The number of rotatable bonds is 6. The molecule has 3 aliphatic rings. The van der Waals surface area contributed by atoms with Crippen LogP contribution in [0.3, 0.4) is 0 Å². The number of piperidine rings is 1. The molecule has 24 heavy (non-hydrogen) atoms. The van der Waals surface area contributed by atoms with E-state index in [1.165, 1.54) is 64.5 Å². The Morgan fingerprint density at radius 2 is 1.67 bits per heavy atom. The van der Waals surface area contributed by atoms with Crippen molar-refractivity contribution in [1.82, 2.24) is 10.2 Å². The summed E-state index contributed by atoms with van der Waals surface area (Å²) in [5, 5.41) is 13.9. The molecule has 2 N–H and O–H groups in total. The predicted octanol–water partition coefficient (Wildman–Crippen LogP) is 2.94. The van der Waals surface area contributed by atoms with E-state index in [0.717, 1.165) is 38.0 Å². The van der Waals surface area contributed by atoms with Gasteiger partial charge in [0.2, 0.25) is 0 Å². The summed E-state index contributed by atoms with van der Waals surface area (Å²) in [6, 6.07) is 1.78. The minimum absolute atomic E-state index is 0.114. The first-order valence-corrected chi connectivity index (χ1v) is 10.5. The zero-order chi connectivity index (χ0) is 16.8. The fourth-order valence-electron chi connectivity index (χ4n) is 5.00. The second kappa shape index (κ2) is 9.51. The molecule has 1 saturated heterocycles. The highest BCUT2D eigenvalue weighted by Crippen LogP contribution is 2.30. The number of hydrogen-bond acceptors (Lipinski definition) is 4. The topological polar surface area (TPSA) is 44.7 Å². The zero-order valence-electron chi connectivity index (χ0n) is 15.6. The Bertz CT molecular complexity index is 350. The van der Waals surface area contributed by atoms with Gasteiger partial charge in [-0.2, -0.15) is 0 Å². The van der Waals surface area contributed by atoms with E-state index in [2.05, 4.69) is 17.1 Å². The van der Waals surface area contributed by atoms with Crippen LogP contribution in [0.25, 0.3) is 0 Å². The highest BCUT2D eigenvalue weighted by Gasteiger charge is 2.31. The molecule has 1 heterocycles. The Kier molecular flexibility index (Phi) is 7.38. The number of aliphatic hydroxyl groups excluding tert-OH is 1. The van der Waals surface area contributed by atoms with Crippen molar-refractivity contribution in [2.24, 2.45) is 5.92 Å². The summed E-state index contributed by atoms with van der Waals surface area (Å²) in [4.78, 5) is 2.74. The molecule has 2 atom stereocenters. The maximum atomic E-state index is 10.2. The SMILES string of the molecule is CCOCC1CCC(N2CCC(N[C@H]3CCCC[C@H]3O)CC2)CC1. The Morgan fingerprint density at radius 1 is 0.958 bits per heavy atom. The van der Waals surface area contributed by atoms with Crippen LogP contribution >= 0.6 is 0 Å². The van der Waals surface area contributed by atoms with Gasteiger partial charge in [-0.15, -0.1) is 0 Å². The molecule has 4 heteroatoms. The van der Waals surface area contributed by atoms with Gasteiger partial charge in [0.25, 0.3) is 0 Å². The molecule has 0 spiro atoms. The summed E-state index contributed by atoms with van der Waals surface area (Å²) in [6.45, 7) is 6.40. The summed E-state index contributed by atoms with van der Waals surface area (Å²) in [6.07, 6.45) is 12.4. The zero-order valence-corrected chi connectivity index (χ0v) is 15.6. The van der Waals surface area contributed by atoms with Gasteiger partial charge in [-0.3, -0.25) is 0 Å². The van der Waals surface area contributed by atoms with Crippen LogP contribution in [0.5, 0.6) is 0 Å². The van der Waals surface area contributed by atoms with Crippen molar-refractivity contribution < 1.29 is 9.84 Å². The fourth-order valence-corrected chi connectivity index (χ4v) is 5.00. The van der Waals surface area contributed by atoms with Crippen LogP contribution in [0.4, 0.5) is 0 Å². The Morgan fingerprint density at radius 3 is 2.33 bits per heavy atom. The second-order valence-electron chi connectivity index (χ2n) is 8.27. The average molecular weight is 339 g/mol. The van der Waals surface area contributed by atoms with Crippen molar-refractivity contribution in [2.75, 3.05) is 26.3 Å². The standard InChI is InChI=1S/C20H38N2O2/c1-2-24-15-16-7-9-18(10-8-16)22-13-11-17(12-14-22)21-19-5-3-4-6-20(19)23/h16-21,23H,2-15H2,1H3/t16?,18?,19-,20+/m0/s1. The number of aliphatic hydroxyl groups is 1. The summed E-state index contributed by atoms with van der Waals surface area (Å²) >= 11 is 0. The van der Waals surface area contributed by atoms with Crippen molar-refractivity contribution in [3.05, 3.63) is 0 Å². The lowest BCUT2D eigenvalue weighted by Gasteiger charge is -2.42. The summed E-state index contributed by atoms with van der Waals surface area (Å²) < 4.78 is 5.61. The van der Waals surface area contributed by atoms with Gasteiger partial charge in [-0.25, -0.2) is 0 Å². The summed E-state index contributed by atoms with van der Waals surface area (Å²) in [7, 11) is 0. The van der Waals surface area contributed by atoms with Crippen molar-refractivity contribution in [1.29, 1.82) is 0 Å². The number of likely N-dealkylation sites (tertiary alicyclic amines) is 1. The van der Waals surface area contributed by atoms with Gasteiger partial charge in [0.05, 0.1) is 6.10 Å². The summed E-state index contributed by atoms with van der Waals surface area (Å²) in [5.74, 6) is 0.799. The van der Waals surface area contributed by atoms with Crippen molar-refractivity contribution in [3.63, 3.8) is 0 Å².